The molecular formula is C18H20N2O6. The highest BCUT2D eigenvalue weighted by molar-refractivity contribution is 6.07. The second kappa shape index (κ2) is 8.19. The van der Waals surface area contributed by atoms with E-state index >= 15 is 0 Å². The van der Waals surface area contributed by atoms with Gasteiger partial charge in [-0.05, 0) is 23.8 Å². The third-order valence-corrected chi connectivity index (χ3v) is 3.73. The molecule has 1 aromatic rings. The van der Waals surface area contributed by atoms with Gasteiger partial charge in [0.15, 0.2) is 11.5 Å². The van der Waals surface area contributed by atoms with E-state index < -0.39 is 11.8 Å². The van der Waals surface area contributed by atoms with Gasteiger partial charge in [0, 0.05) is 25.3 Å². The Labute approximate surface area is 151 Å². The summed E-state index contributed by atoms with van der Waals surface area (Å²) in [6.07, 6.45) is 5.31. The molecule has 1 aromatic carbocycles. The molecular weight excluding hydrogens is 340 g/mol. The van der Waals surface area contributed by atoms with E-state index in [1.54, 1.807) is 12.1 Å². The quantitative estimate of drug-likeness (QED) is 0.738. The molecule has 0 atom stereocenters. The van der Waals surface area contributed by atoms with Gasteiger partial charge in [-0.1, -0.05) is 0 Å². The number of imide groups is 1. The van der Waals surface area contributed by atoms with E-state index in [9.17, 15) is 14.4 Å². The maximum Gasteiger partial charge on any atom is 0.256 e. The van der Waals surface area contributed by atoms with Crippen LogP contribution < -0.4 is 14.2 Å². The number of carbonyl (C=O) groups is 3. The standard InChI is InChI=1S/C18H20N2O6/c1-12(21)19-8-7-17(23)20(11-19)16(22)6-5-13-9-14(24-2)18(26-4)15(10-13)25-3/h5-10H,11H2,1-4H3. The SMILES string of the molecule is COc1cc(C=CC(=O)N2CN(C(C)=O)C=CC2=O)cc(OC)c1OC. The highest BCUT2D eigenvalue weighted by atomic mass is 16.5. The van der Waals surface area contributed by atoms with Gasteiger partial charge in [-0.25, -0.2) is 0 Å². The summed E-state index contributed by atoms with van der Waals surface area (Å²) in [5.74, 6) is 0.0332. The van der Waals surface area contributed by atoms with Crippen molar-refractivity contribution in [2.45, 2.75) is 6.92 Å². The van der Waals surface area contributed by atoms with Crippen LogP contribution in [0.25, 0.3) is 6.08 Å². The molecule has 138 valence electrons. The molecule has 8 heteroatoms. The second-order valence-corrected chi connectivity index (χ2v) is 5.34. The fourth-order valence-electron chi connectivity index (χ4n) is 2.35. The summed E-state index contributed by atoms with van der Waals surface area (Å²) in [5, 5.41) is 0. The lowest BCUT2D eigenvalue weighted by Gasteiger charge is -2.28. The van der Waals surface area contributed by atoms with Gasteiger partial charge in [-0.3, -0.25) is 19.3 Å². The summed E-state index contributed by atoms with van der Waals surface area (Å²) >= 11 is 0. The average Bonchev–Trinajstić information content (AvgIpc) is 2.65. The van der Waals surface area contributed by atoms with E-state index in [1.807, 2.05) is 0 Å². The van der Waals surface area contributed by atoms with Crippen LogP contribution in [0, 0.1) is 0 Å². The lowest BCUT2D eigenvalue weighted by Crippen LogP contribution is -2.46. The van der Waals surface area contributed by atoms with Crippen molar-refractivity contribution in [3.8, 4) is 17.2 Å². The molecule has 0 unspecified atom stereocenters. The van der Waals surface area contributed by atoms with E-state index in [2.05, 4.69) is 0 Å². The first kappa shape index (κ1) is 19.0. The number of hydrogen-bond donors (Lipinski definition) is 0. The van der Waals surface area contributed by atoms with Crippen molar-refractivity contribution < 1.29 is 28.6 Å². The molecule has 1 heterocycles. The Morgan fingerprint density at radius 1 is 1.08 bits per heavy atom. The predicted octanol–water partition coefficient (Wildman–Crippen LogP) is 1.41. The van der Waals surface area contributed by atoms with Crippen molar-refractivity contribution in [1.82, 2.24) is 9.80 Å². The normalized spacial score (nSPS) is 13.9. The fourth-order valence-corrected chi connectivity index (χ4v) is 2.35. The molecule has 1 aliphatic rings. The van der Waals surface area contributed by atoms with Gasteiger partial charge in [0.2, 0.25) is 11.7 Å². The van der Waals surface area contributed by atoms with Gasteiger partial charge in [0.25, 0.3) is 11.8 Å². The summed E-state index contributed by atoms with van der Waals surface area (Å²) in [6, 6.07) is 3.34. The largest absolute Gasteiger partial charge is 0.493 e. The zero-order chi connectivity index (χ0) is 19.3. The van der Waals surface area contributed by atoms with Crippen LogP contribution in [0.2, 0.25) is 0 Å². The number of ether oxygens (including phenoxy) is 3. The van der Waals surface area contributed by atoms with E-state index in [0.29, 0.717) is 22.8 Å². The van der Waals surface area contributed by atoms with Crippen LogP contribution in [-0.2, 0) is 14.4 Å². The third-order valence-electron chi connectivity index (χ3n) is 3.73. The fraction of sp³-hybridized carbons (Fsp3) is 0.278. The van der Waals surface area contributed by atoms with Crippen molar-refractivity contribution in [2.75, 3.05) is 28.0 Å². The van der Waals surface area contributed by atoms with Crippen molar-refractivity contribution in [3.05, 3.63) is 36.0 Å². The van der Waals surface area contributed by atoms with Crippen LogP contribution in [0.5, 0.6) is 17.2 Å². The van der Waals surface area contributed by atoms with E-state index in [4.69, 9.17) is 14.2 Å². The van der Waals surface area contributed by atoms with Crippen LogP contribution >= 0.6 is 0 Å². The molecule has 26 heavy (non-hydrogen) atoms. The molecule has 0 saturated heterocycles. The number of nitrogens with zero attached hydrogens (tertiary/aromatic N) is 2. The van der Waals surface area contributed by atoms with E-state index in [1.165, 1.54) is 57.6 Å². The Kier molecular flexibility index (Phi) is 6.00. The van der Waals surface area contributed by atoms with Crippen LogP contribution in [0.1, 0.15) is 12.5 Å². The van der Waals surface area contributed by atoms with Gasteiger partial charge >= 0.3 is 0 Å². The number of methoxy groups -OCH3 is 3. The minimum absolute atomic E-state index is 0.122. The molecule has 0 N–H and O–H groups in total. The number of rotatable bonds is 5. The molecule has 1 aliphatic heterocycles. The lowest BCUT2D eigenvalue weighted by atomic mass is 10.1. The molecule has 0 bridgehead atoms. The first-order valence-electron chi connectivity index (χ1n) is 7.70. The zero-order valence-electron chi connectivity index (χ0n) is 15.0. The van der Waals surface area contributed by atoms with Crippen molar-refractivity contribution in [1.29, 1.82) is 0 Å². The van der Waals surface area contributed by atoms with Crippen molar-refractivity contribution in [2.24, 2.45) is 0 Å². The van der Waals surface area contributed by atoms with Gasteiger partial charge in [-0.15, -0.1) is 0 Å². The van der Waals surface area contributed by atoms with Crippen LogP contribution in [-0.4, -0.2) is 55.5 Å². The first-order valence-corrected chi connectivity index (χ1v) is 7.70. The number of benzene rings is 1. The Balaban J connectivity index is 2.24. The molecule has 3 amide bonds. The molecule has 0 aliphatic carbocycles. The summed E-state index contributed by atoms with van der Waals surface area (Å²) in [4.78, 5) is 37.9. The number of hydrogen-bond acceptors (Lipinski definition) is 6. The summed E-state index contributed by atoms with van der Waals surface area (Å²) in [5.41, 5.74) is 0.622. The molecule has 0 saturated carbocycles. The van der Waals surface area contributed by atoms with Crippen molar-refractivity contribution in [3.63, 3.8) is 0 Å². The minimum atomic E-state index is -0.542. The van der Waals surface area contributed by atoms with Gasteiger partial charge in [0.05, 0.1) is 21.3 Å². The number of amides is 3. The molecule has 0 spiro atoms. The topological polar surface area (TPSA) is 85.4 Å². The average molecular weight is 360 g/mol. The first-order chi connectivity index (χ1) is 12.4. The molecule has 2 rings (SSSR count). The maximum atomic E-state index is 12.3. The highest BCUT2D eigenvalue weighted by Crippen LogP contribution is 2.38. The minimum Gasteiger partial charge on any atom is -0.493 e. The van der Waals surface area contributed by atoms with Gasteiger partial charge in [0.1, 0.15) is 6.67 Å². The molecule has 0 radical (unpaired) electrons. The Hall–Kier alpha value is -3.29. The Morgan fingerprint density at radius 3 is 2.19 bits per heavy atom. The van der Waals surface area contributed by atoms with Gasteiger partial charge < -0.3 is 19.1 Å². The third kappa shape index (κ3) is 4.02. The summed E-state index contributed by atoms with van der Waals surface area (Å²) in [7, 11) is 4.48. The van der Waals surface area contributed by atoms with Crippen LogP contribution in [0.3, 0.4) is 0 Å². The molecule has 0 fully saturated rings. The smallest absolute Gasteiger partial charge is 0.256 e. The zero-order valence-corrected chi connectivity index (χ0v) is 15.0. The summed E-state index contributed by atoms with van der Waals surface area (Å²) in [6.45, 7) is 1.23. The van der Waals surface area contributed by atoms with Crippen LogP contribution in [0.15, 0.2) is 30.5 Å². The Bertz CT molecular complexity index is 759. The number of carbonyl (C=O) groups excluding carboxylic acids is 3. The monoisotopic (exact) mass is 360 g/mol. The van der Waals surface area contributed by atoms with E-state index in [0.717, 1.165) is 4.90 Å². The molecule has 0 aromatic heterocycles. The Morgan fingerprint density at radius 2 is 1.69 bits per heavy atom. The van der Waals surface area contributed by atoms with Gasteiger partial charge in [-0.2, -0.15) is 0 Å². The maximum absolute atomic E-state index is 12.3. The lowest BCUT2D eigenvalue weighted by molar-refractivity contribution is -0.144. The molecule has 8 nitrogen and oxygen atoms in total. The van der Waals surface area contributed by atoms with E-state index in [-0.39, 0.29) is 12.6 Å². The second-order valence-electron chi connectivity index (χ2n) is 5.34. The van der Waals surface area contributed by atoms with Crippen LogP contribution in [0.4, 0.5) is 0 Å². The highest BCUT2D eigenvalue weighted by Gasteiger charge is 2.25. The summed E-state index contributed by atoms with van der Waals surface area (Å²) < 4.78 is 15.8. The predicted molar refractivity (Wildman–Crippen MR) is 93.5 cm³/mol. The van der Waals surface area contributed by atoms with Crippen molar-refractivity contribution >= 4 is 23.8 Å².